The second-order valence-electron chi connectivity index (χ2n) is 5.89. The van der Waals surface area contributed by atoms with Crippen molar-refractivity contribution in [1.82, 2.24) is 0 Å². The molecule has 6 heteroatoms. The minimum Gasteiger partial charge on any atom is -0.488 e. The fourth-order valence-electron chi connectivity index (χ4n) is 2.50. The van der Waals surface area contributed by atoms with Gasteiger partial charge in [0.25, 0.3) is 0 Å². The Morgan fingerprint density at radius 3 is 2.29 bits per heavy atom. The first-order chi connectivity index (χ1) is 13.5. The molecule has 0 bridgehead atoms. The number of halogens is 2. The van der Waals surface area contributed by atoms with Gasteiger partial charge in [0, 0.05) is 10.6 Å². The largest absolute Gasteiger partial charge is 0.488 e. The molecular formula is C22H16Cl2O4. The second kappa shape index (κ2) is 9.40. The first-order valence-corrected chi connectivity index (χ1v) is 9.21. The third kappa shape index (κ3) is 5.12. The van der Waals surface area contributed by atoms with Crippen LogP contribution in [0.1, 0.15) is 26.3 Å². The number of rotatable bonds is 7. The number of esters is 1. The van der Waals surface area contributed by atoms with Gasteiger partial charge in [0.15, 0.2) is 6.61 Å². The Morgan fingerprint density at radius 2 is 1.54 bits per heavy atom. The number of hydrogen-bond acceptors (Lipinski definition) is 4. The minimum atomic E-state index is -0.651. The summed E-state index contributed by atoms with van der Waals surface area (Å²) >= 11 is 11.8. The number of carbonyl (C=O) groups excluding carboxylic acids is 2. The van der Waals surface area contributed by atoms with E-state index in [-0.39, 0.29) is 16.1 Å². The quantitative estimate of drug-likeness (QED) is 0.372. The van der Waals surface area contributed by atoms with E-state index in [1.165, 1.54) is 12.1 Å². The predicted molar refractivity (Wildman–Crippen MR) is 108 cm³/mol. The third-order valence-corrected chi connectivity index (χ3v) is 4.46. The Bertz CT molecular complexity index is 987. The van der Waals surface area contributed by atoms with E-state index in [1.54, 1.807) is 30.3 Å². The number of Topliss-reactive ketones (excluding diaryl/α,β-unsaturated/α-hetero) is 1. The normalized spacial score (nSPS) is 10.4. The van der Waals surface area contributed by atoms with E-state index in [0.717, 1.165) is 5.56 Å². The predicted octanol–water partition coefficient (Wildman–Crippen LogP) is 5.61. The zero-order valence-electron chi connectivity index (χ0n) is 14.7. The van der Waals surface area contributed by atoms with Crippen molar-refractivity contribution in [3.8, 4) is 5.75 Å². The molecule has 0 aliphatic carbocycles. The summed E-state index contributed by atoms with van der Waals surface area (Å²) in [5.41, 5.74) is 1.46. The highest BCUT2D eigenvalue weighted by atomic mass is 35.5. The van der Waals surface area contributed by atoms with E-state index < -0.39 is 18.4 Å². The van der Waals surface area contributed by atoms with E-state index in [1.807, 2.05) is 30.3 Å². The lowest BCUT2D eigenvalue weighted by Crippen LogP contribution is -2.15. The molecule has 4 nitrogen and oxygen atoms in total. The zero-order valence-corrected chi connectivity index (χ0v) is 16.2. The van der Waals surface area contributed by atoms with E-state index in [4.69, 9.17) is 32.7 Å². The lowest BCUT2D eigenvalue weighted by molar-refractivity contribution is 0.0470. The number of benzene rings is 3. The van der Waals surface area contributed by atoms with Gasteiger partial charge in [-0.1, -0.05) is 65.7 Å². The summed E-state index contributed by atoms with van der Waals surface area (Å²) in [7, 11) is 0. The molecule has 0 aliphatic heterocycles. The molecule has 0 spiro atoms. The van der Waals surface area contributed by atoms with E-state index in [2.05, 4.69) is 0 Å². The Kier molecular flexibility index (Phi) is 6.69. The number of para-hydroxylation sites is 1. The van der Waals surface area contributed by atoms with E-state index in [9.17, 15) is 9.59 Å². The monoisotopic (exact) mass is 414 g/mol. The van der Waals surface area contributed by atoms with Crippen LogP contribution < -0.4 is 4.74 Å². The first kappa shape index (κ1) is 19.9. The van der Waals surface area contributed by atoms with Gasteiger partial charge in [-0.2, -0.15) is 0 Å². The molecule has 0 amide bonds. The van der Waals surface area contributed by atoms with Crippen molar-refractivity contribution in [3.63, 3.8) is 0 Å². The molecule has 3 rings (SSSR count). The number of ether oxygens (including phenoxy) is 2. The van der Waals surface area contributed by atoms with Gasteiger partial charge >= 0.3 is 5.97 Å². The fraction of sp³-hybridized carbons (Fsp3) is 0.0909. The Labute approximate surface area is 172 Å². The number of carbonyl (C=O) groups is 2. The summed E-state index contributed by atoms with van der Waals surface area (Å²) in [4.78, 5) is 24.7. The molecule has 3 aromatic carbocycles. The summed E-state index contributed by atoms with van der Waals surface area (Å²) in [6.07, 6.45) is 0. The molecule has 3 aromatic rings. The average Bonchev–Trinajstić information content (AvgIpc) is 2.71. The smallest absolute Gasteiger partial charge is 0.342 e. The van der Waals surface area contributed by atoms with Crippen LogP contribution in [0.5, 0.6) is 5.75 Å². The molecule has 0 radical (unpaired) electrons. The Balaban J connectivity index is 1.65. The SMILES string of the molecule is O=C(COC(=O)c1ccccc1OCc1ccccc1)c1ccc(Cl)cc1Cl. The van der Waals surface area contributed by atoms with Gasteiger partial charge in [0.05, 0.1) is 5.02 Å². The van der Waals surface area contributed by atoms with Crippen molar-refractivity contribution < 1.29 is 19.1 Å². The van der Waals surface area contributed by atoms with Gasteiger partial charge < -0.3 is 9.47 Å². The van der Waals surface area contributed by atoms with Crippen molar-refractivity contribution in [3.05, 3.63) is 99.5 Å². The molecule has 0 unspecified atom stereocenters. The molecule has 0 heterocycles. The van der Waals surface area contributed by atoms with Crippen LogP contribution in [0, 0.1) is 0 Å². The molecule has 0 aromatic heterocycles. The highest BCUT2D eigenvalue weighted by molar-refractivity contribution is 6.36. The average molecular weight is 415 g/mol. The zero-order chi connectivity index (χ0) is 19.9. The minimum absolute atomic E-state index is 0.208. The molecule has 28 heavy (non-hydrogen) atoms. The number of hydrogen-bond donors (Lipinski definition) is 0. The summed E-state index contributed by atoms with van der Waals surface area (Å²) in [6.45, 7) is -0.127. The van der Waals surface area contributed by atoms with E-state index >= 15 is 0 Å². The van der Waals surface area contributed by atoms with E-state index in [0.29, 0.717) is 17.4 Å². The van der Waals surface area contributed by atoms with Crippen LogP contribution >= 0.6 is 23.2 Å². The molecule has 0 aliphatic rings. The van der Waals surface area contributed by atoms with Crippen LogP contribution in [0.3, 0.4) is 0 Å². The number of ketones is 1. The second-order valence-corrected chi connectivity index (χ2v) is 6.74. The van der Waals surface area contributed by atoms with Crippen LogP contribution in [0.15, 0.2) is 72.8 Å². The highest BCUT2D eigenvalue weighted by Crippen LogP contribution is 2.23. The van der Waals surface area contributed by atoms with Crippen molar-refractivity contribution in [2.45, 2.75) is 6.61 Å². The van der Waals surface area contributed by atoms with Crippen LogP contribution in [-0.2, 0) is 11.3 Å². The van der Waals surface area contributed by atoms with Crippen LogP contribution in [0.25, 0.3) is 0 Å². The topological polar surface area (TPSA) is 52.6 Å². The lowest BCUT2D eigenvalue weighted by atomic mass is 10.1. The Hall–Kier alpha value is -2.82. The lowest BCUT2D eigenvalue weighted by Gasteiger charge is -2.11. The fourth-order valence-corrected chi connectivity index (χ4v) is 3.01. The molecule has 0 saturated carbocycles. The summed E-state index contributed by atoms with van der Waals surface area (Å²) < 4.78 is 10.9. The van der Waals surface area contributed by atoms with Crippen molar-refractivity contribution in [2.24, 2.45) is 0 Å². The molecule has 0 saturated heterocycles. The third-order valence-electron chi connectivity index (χ3n) is 3.91. The van der Waals surface area contributed by atoms with Gasteiger partial charge in [-0.3, -0.25) is 4.79 Å². The summed E-state index contributed by atoms with van der Waals surface area (Å²) in [5, 5.41) is 0.628. The molecule has 0 N–H and O–H groups in total. The van der Waals surface area contributed by atoms with Gasteiger partial charge in [0.1, 0.15) is 17.9 Å². The maximum atomic E-state index is 12.4. The van der Waals surface area contributed by atoms with Gasteiger partial charge in [-0.25, -0.2) is 4.79 Å². The molecule has 0 atom stereocenters. The first-order valence-electron chi connectivity index (χ1n) is 8.45. The Morgan fingerprint density at radius 1 is 0.821 bits per heavy atom. The molecule has 142 valence electrons. The highest BCUT2D eigenvalue weighted by Gasteiger charge is 2.17. The van der Waals surface area contributed by atoms with Crippen molar-refractivity contribution in [1.29, 1.82) is 0 Å². The van der Waals surface area contributed by atoms with Gasteiger partial charge in [0.2, 0.25) is 5.78 Å². The van der Waals surface area contributed by atoms with Crippen molar-refractivity contribution in [2.75, 3.05) is 6.61 Å². The van der Waals surface area contributed by atoms with Crippen molar-refractivity contribution >= 4 is 35.0 Å². The summed E-state index contributed by atoms with van der Waals surface area (Å²) in [6, 6.07) is 20.8. The molecular weight excluding hydrogens is 399 g/mol. The van der Waals surface area contributed by atoms with Crippen LogP contribution in [-0.4, -0.2) is 18.4 Å². The van der Waals surface area contributed by atoms with Crippen LogP contribution in [0.4, 0.5) is 0 Å². The van der Waals surface area contributed by atoms with Gasteiger partial charge in [-0.15, -0.1) is 0 Å². The molecule has 0 fully saturated rings. The van der Waals surface area contributed by atoms with Crippen LogP contribution in [0.2, 0.25) is 10.0 Å². The maximum Gasteiger partial charge on any atom is 0.342 e. The van der Waals surface area contributed by atoms with Gasteiger partial charge in [-0.05, 0) is 35.9 Å². The standard InChI is InChI=1S/C22H16Cl2O4/c23-16-10-11-17(19(24)12-16)20(25)14-28-22(26)18-8-4-5-9-21(18)27-13-15-6-2-1-3-7-15/h1-12H,13-14H2. The summed E-state index contributed by atoms with van der Waals surface area (Å²) in [5.74, 6) is -0.687. The maximum absolute atomic E-state index is 12.4.